The minimum Gasteiger partial charge on any atom is -0.491 e. The highest BCUT2D eigenvalue weighted by Gasteiger charge is 2.24. The fourth-order valence-corrected chi connectivity index (χ4v) is 3.73. The zero-order chi connectivity index (χ0) is 22.0. The number of piperidine rings is 1. The van der Waals surface area contributed by atoms with E-state index >= 15 is 0 Å². The Labute approximate surface area is 181 Å². The number of benzene rings is 1. The van der Waals surface area contributed by atoms with Crippen LogP contribution in [0.15, 0.2) is 40.9 Å². The van der Waals surface area contributed by atoms with Gasteiger partial charge in [0.2, 0.25) is 0 Å². The van der Waals surface area contributed by atoms with Gasteiger partial charge < -0.3 is 19.4 Å². The molecule has 2 amide bonds. The summed E-state index contributed by atoms with van der Waals surface area (Å²) in [6.45, 7) is 7.20. The summed E-state index contributed by atoms with van der Waals surface area (Å²) in [6.07, 6.45) is 4.75. The van der Waals surface area contributed by atoms with Crippen molar-refractivity contribution < 1.29 is 18.7 Å². The molecule has 0 unspecified atom stereocenters. The SMILES string of the molecule is Cc1ccc(NC(=O)c2cc(OC(C)C)cc3oc(C(=O)N4CCCCC4)cc23)nc1. The van der Waals surface area contributed by atoms with Crippen LogP contribution in [0.2, 0.25) is 0 Å². The summed E-state index contributed by atoms with van der Waals surface area (Å²) < 4.78 is 11.7. The highest BCUT2D eigenvalue weighted by Crippen LogP contribution is 2.30. The van der Waals surface area contributed by atoms with E-state index in [2.05, 4.69) is 10.3 Å². The molecule has 162 valence electrons. The van der Waals surface area contributed by atoms with Crippen LogP contribution in [0.25, 0.3) is 11.0 Å². The van der Waals surface area contributed by atoms with Gasteiger partial charge in [0, 0.05) is 30.7 Å². The first-order valence-electron chi connectivity index (χ1n) is 10.7. The zero-order valence-electron chi connectivity index (χ0n) is 18.1. The van der Waals surface area contributed by atoms with Gasteiger partial charge in [0.15, 0.2) is 5.76 Å². The second-order valence-electron chi connectivity index (χ2n) is 8.19. The summed E-state index contributed by atoms with van der Waals surface area (Å²) in [5.74, 6) is 0.714. The number of furan rings is 1. The van der Waals surface area contributed by atoms with Gasteiger partial charge >= 0.3 is 0 Å². The highest BCUT2D eigenvalue weighted by molar-refractivity contribution is 6.13. The molecule has 0 atom stereocenters. The average Bonchev–Trinajstić information content (AvgIpc) is 3.18. The molecule has 1 N–H and O–H groups in total. The maximum Gasteiger partial charge on any atom is 0.289 e. The molecule has 1 saturated heterocycles. The Bertz CT molecular complexity index is 1100. The van der Waals surface area contributed by atoms with E-state index < -0.39 is 0 Å². The van der Waals surface area contributed by atoms with E-state index in [9.17, 15) is 9.59 Å². The lowest BCUT2D eigenvalue weighted by atomic mass is 10.1. The lowest BCUT2D eigenvalue weighted by Gasteiger charge is -2.25. The molecule has 7 heteroatoms. The summed E-state index contributed by atoms with van der Waals surface area (Å²) in [6, 6.07) is 8.69. The predicted octanol–water partition coefficient (Wildman–Crippen LogP) is 4.80. The molecular formula is C24H27N3O4. The third-order valence-corrected chi connectivity index (χ3v) is 5.23. The summed E-state index contributed by atoms with van der Waals surface area (Å²) in [4.78, 5) is 32.1. The molecule has 1 fully saturated rings. The molecule has 0 bridgehead atoms. The Balaban J connectivity index is 1.70. The molecule has 3 aromatic rings. The molecular weight excluding hydrogens is 394 g/mol. The standard InChI is InChI=1S/C24H27N3O4/c1-15(2)30-17-11-19(23(28)26-22-8-7-16(3)14-25-22)18-13-21(31-20(18)12-17)24(29)27-9-5-4-6-10-27/h7-8,11-15H,4-6,9-10H2,1-3H3,(H,25,26,28). The quantitative estimate of drug-likeness (QED) is 0.640. The molecule has 0 aliphatic carbocycles. The Kier molecular flexibility index (Phi) is 5.93. The van der Waals surface area contributed by atoms with Crippen molar-refractivity contribution in [2.75, 3.05) is 18.4 Å². The Hall–Kier alpha value is -3.35. The molecule has 4 rings (SSSR count). The molecule has 0 saturated carbocycles. The van der Waals surface area contributed by atoms with Crippen molar-refractivity contribution in [3.05, 3.63) is 53.4 Å². The number of amides is 2. The summed E-state index contributed by atoms with van der Waals surface area (Å²) in [5.41, 5.74) is 1.82. The number of ether oxygens (including phenoxy) is 1. The predicted molar refractivity (Wildman–Crippen MR) is 119 cm³/mol. The van der Waals surface area contributed by atoms with Crippen LogP contribution in [0.1, 0.15) is 59.6 Å². The van der Waals surface area contributed by atoms with Crippen LogP contribution in [-0.4, -0.2) is 40.9 Å². The second kappa shape index (κ2) is 8.79. The second-order valence-corrected chi connectivity index (χ2v) is 8.19. The van der Waals surface area contributed by atoms with Crippen molar-refractivity contribution in [2.24, 2.45) is 0 Å². The highest BCUT2D eigenvalue weighted by atomic mass is 16.5. The van der Waals surface area contributed by atoms with Gasteiger partial charge in [0.05, 0.1) is 11.7 Å². The lowest BCUT2D eigenvalue weighted by Crippen LogP contribution is -2.35. The largest absolute Gasteiger partial charge is 0.491 e. The topological polar surface area (TPSA) is 84.7 Å². The van der Waals surface area contributed by atoms with Crippen LogP contribution < -0.4 is 10.1 Å². The zero-order valence-corrected chi connectivity index (χ0v) is 18.1. The van der Waals surface area contributed by atoms with Gasteiger partial charge in [-0.1, -0.05) is 6.07 Å². The van der Waals surface area contributed by atoms with Gasteiger partial charge in [-0.3, -0.25) is 9.59 Å². The third kappa shape index (κ3) is 4.71. The average molecular weight is 421 g/mol. The van der Waals surface area contributed by atoms with E-state index in [0.29, 0.717) is 28.1 Å². The molecule has 1 aliphatic heterocycles. The smallest absolute Gasteiger partial charge is 0.289 e. The first-order chi connectivity index (χ1) is 14.9. The molecule has 0 radical (unpaired) electrons. The van der Waals surface area contributed by atoms with E-state index in [0.717, 1.165) is 37.9 Å². The minimum atomic E-state index is -0.340. The number of likely N-dealkylation sites (tertiary alicyclic amines) is 1. The molecule has 7 nitrogen and oxygen atoms in total. The van der Waals surface area contributed by atoms with Crippen LogP contribution in [-0.2, 0) is 0 Å². The van der Waals surface area contributed by atoms with Crippen molar-refractivity contribution in [3.8, 4) is 5.75 Å². The fraction of sp³-hybridized carbons (Fsp3) is 0.375. The number of aryl methyl sites for hydroxylation is 1. The number of anilines is 1. The van der Waals surface area contributed by atoms with Crippen molar-refractivity contribution in [2.45, 2.75) is 46.1 Å². The third-order valence-electron chi connectivity index (χ3n) is 5.23. The number of carbonyl (C=O) groups excluding carboxylic acids is 2. The number of nitrogens with zero attached hydrogens (tertiary/aromatic N) is 2. The maximum absolute atomic E-state index is 13.1. The van der Waals surface area contributed by atoms with Crippen molar-refractivity contribution >= 4 is 28.6 Å². The van der Waals surface area contributed by atoms with Crippen molar-refractivity contribution in [3.63, 3.8) is 0 Å². The summed E-state index contributed by atoms with van der Waals surface area (Å²) in [5, 5.41) is 3.39. The normalized spacial score (nSPS) is 14.1. The number of carbonyl (C=O) groups is 2. The Morgan fingerprint density at radius 2 is 1.90 bits per heavy atom. The van der Waals surface area contributed by atoms with Crippen LogP contribution in [0.5, 0.6) is 5.75 Å². The number of aromatic nitrogens is 1. The monoisotopic (exact) mass is 421 g/mol. The van der Waals surface area contributed by atoms with E-state index in [1.165, 1.54) is 0 Å². The van der Waals surface area contributed by atoms with Gasteiger partial charge in [-0.2, -0.15) is 0 Å². The van der Waals surface area contributed by atoms with E-state index in [1.54, 1.807) is 30.5 Å². The number of rotatable bonds is 5. The Morgan fingerprint density at radius 3 is 2.58 bits per heavy atom. The van der Waals surface area contributed by atoms with Gasteiger partial charge in [-0.25, -0.2) is 4.98 Å². The number of hydrogen-bond donors (Lipinski definition) is 1. The lowest BCUT2D eigenvalue weighted by molar-refractivity contribution is 0.0694. The molecule has 0 spiro atoms. The van der Waals surface area contributed by atoms with Gasteiger partial charge in [0.25, 0.3) is 11.8 Å². The van der Waals surface area contributed by atoms with Crippen LogP contribution in [0.3, 0.4) is 0 Å². The first kappa shape index (κ1) is 20.9. The molecule has 3 heterocycles. The summed E-state index contributed by atoms with van der Waals surface area (Å²) >= 11 is 0. The van der Waals surface area contributed by atoms with Crippen molar-refractivity contribution in [1.29, 1.82) is 0 Å². The molecule has 31 heavy (non-hydrogen) atoms. The van der Waals surface area contributed by atoms with Crippen LogP contribution >= 0.6 is 0 Å². The van der Waals surface area contributed by atoms with E-state index in [1.807, 2.05) is 31.7 Å². The van der Waals surface area contributed by atoms with Crippen LogP contribution in [0.4, 0.5) is 5.82 Å². The molecule has 1 aromatic carbocycles. The van der Waals surface area contributed by atoms with Crippen LogP contribution in [0, 0.1) is 6.92 Å². The van der Waals surface area contributed by atoms with Gasteiger partial charge in [0.1, 0.15) is 17.2 Å². The molecule has 1 aliphatic rings. The number of pyridine rings is 1. The summed E-state index contributed by atoms with van der Waals surface area (Å²) in [7, 11) is 0. The van der Waals surface area contributed by atoms with E-state index in [-0.39, 0.29) is 23.7 Å². The van der Waals surface area contributed by atoms with Crippen molar-refractivity contribution in [1.82, 2.24) is 9.88 Å². The van der Waals surface area contributed by atoms with Gasteiger partial charge in [-0.05, 0) is 63.8 Å². The number of fused-ring (bicyclic) bond motifs is 1. The van der Waals surface area contributed by atoms with Gasteiger partial charge in [-0.15, -0.1) is 0 Å². The number of hydrogen-bond acceptors (Lipinski definition) is 5. The Morgan fingerprint density at radius 1 is 1.13 bits per heavy atom. The fourth-order valence-electron chi connectivity index (χ4n) is 3.73. The first-order valence-corrected chi connectivity index (χ1v) is 10.7. The maximum atomic E-state index is 13.1. The minimum absolute atomic E-state index is 0.0726. The number of nitrogens with one attached hydrogen (secondary N) is 1. The molecule has 2 aromatic heterocycles. The van der Waals surface area contributed by atoms with E-state index in [4.69, 9.17) is 9.15 Å².